The smallest absolute Gasteiger partial charge is 0.335 e. The van der Waals surface area contributed by atoms with Gasteiger partial charge in [0.05, 0.1) is 11.8 Å². The van der Waals surface area contributed by atoms with E-state index >= 15 is 0 Å². The van der Waals surface area contributed by atoms with E-state index in [1.165, 1.54) is 0 Å². The van der Waals surface area contributed by atoms with Crippen molar-refractivity contribution in [3.05, 3.63) is 46.8 Å². The molecule has 0 aliphatic rings. The second-order valence-corrected chi connectivity index (χ2v) is 4.74. The number of nitrogens with zero attached hydrogens (tertiary/aromatic N) is 2. The normalized spacial score (nSPS) is 10.6. The number of hydrogen-bond donors (Lipinski definition) is 1. The Morgan fingerprint density at radius 3 is 2.50 bits per heavy atom. The van der Waals surface area contributed by atoms with Gasteiger partial charge in [-0.3, -0.25) is 4.68 Å². The Balaban J connectivity index is 2.15. The molecule has 5 heteroatoms. The maximum atomic E-state index is 11.0. The zero-order chi connectivity index (χ0) is 14.7. The Hall–Kier alpha value is -2.30. The van der Waals surface area contributed by atoms with E-state index in [2.05, 4.69) is 5.10 Å². The fourth-order valence-corrected chi connectivity index (χ4v) is 2.11. The topological polar surface area (TPSA) is 64.3 Å². The van der Waals surface area contributed by atoms with Crippen LogP contribution in [0.5, 0.6) is 5.75 Å². The third kappa shape index (κ3) is 2.99. The van der Waals surface area contributed by atoms with E-state index in [0.29, 0.717) is 6.61 Å². The van der Waals surface area contributed by atoms with Gasteiger partial charge in [-0.05, 0) is 44.0 Å². The Kier molecular flexibility index (Phi) is 4.08. The molecule has 0 unspecified atom stereocenters. The van der Waals surface area contributed by atoms with Crippen molar-refractivity contribution in [2.24, 2.45) is 0 Å². The van der Waals surface area contributed by atoms with Gasteiger partial charge in [0, 0.05) is 18.3 Å². The number of ether oxygens (including phenoxy) is 1. The number of aryl methyl sites for hydroxylation is 3. The molecular weight excluding hydrogens is 256 g/mol. The molecular formula is C15H18N2O3. The number of rotatable bonds is 5. The summed E-state index contributed by atoms with van der Waals surface area (Å²) in [5, 5.41) is 13.2. The number of benzene rings is 1. The summed E-state index contributed by atoms with van der Waals surface area (Å²) in [5.41, 5.74) is 2.93. The highest BCUT2D eigenvalue weighted by atomic mass is 16.5. The summed E-state index contributed by atoms with van der Waals surface area (Å²) in [6, 6.07) is 3.25. The van der Waals surface area contributed by atoms with Crippen LogP contribution in [0.3, 0.4) is 0 Å². The van der Waals surface area contributed by atoms with Gasteiger partial charge < -0.3 is 9.84 Å². The summed E-state index contributed by atoms with van der Waals surface area (Å²) < 4.78 is 7.64. The van der Waals surface area contributed by atoms with Gasteiger partial charge in [0.15, 0.2) is 0 Å². The molecule has 1 N–H and O–H groups in total. The van der Waals surface area contributed by atoms with Crippen LogP contribution in [0.15, 0.2) is 24.5 Å². The molecule has 0 atom stereocenters. The third-order valence-corrected chi connectivity index (χ3v) is 3.10. The molecule has 0 aliphatic carbocycles. The molecule has 0 aliphatic heterocycles. The molecule has 0 radical (unpaired) electrons. The van der Waals surface area contributed by atoms with Crippen LogP contribution in [0.25, 0.3) is 0 Å². The molecule has 0 saturated carbocycles. The van der Waals surface area contributed by atoms with Gasteiger partial charge >= 0.3 is 5.97 Å². The summed E-state index contributed by atoms with van der Waals surface area (Å²) in [5.74, 6) is -0.189. The molecule has 106 valence electrons. The van der Waals surface area contributed by atoms with Crippen LogP contribution in [-0.2, 0) is 13.2 Å². The Bertz CT molecular complexity index is 609. The van der Waals surface area contributed by atoms with Gasteiger partial charge in [0.1, 0.15) is 12.4 Å². The average molecular weight is 274 g/mol. The van der Waals surface area contributed by atoms with Gasteiger partial charge in [-0.1, -0.05) is 0 Å². The first-order valence-corrected chi connectivity index (χ1v) is 6.50. The molecule has 1 aromatic heterocycles. The maximum Gasteiger partial charge on any atom is 0.335 e. The van der Waals surface area contributed by atoms with E-state index in [-0.39, 0.29) is 5.56 Å². The lowest BCUT2D eigenvalue weighted by molar-refractivity contribution is 0.0696. The van der Waals surface area contributed by atoms with Crippen LogP contribution in [0.1, 0.15) is 34.0 Å². The van der Waals surface area contributed by atoms with Crippen molar-refractivity contribution < 1.29 is 14.6 Å². The molecule has 0 saturated heterocycles. The first-order chi connectivity index (χ1) is 9.51. The van der Waals surface area contributed by atoms with Crippen LogP contribution >= 0.6 is 0 Å². The van der Waals surface area contributed by atoms with Crippen molar-refractivity contribution in [2.75, 3.05) is 0 Å². The Labute approximate surface area is 117 Å². The average Bonchev–Trinajstić information content (AvgIpc) is 2.85. The highest BCUT2D eigenvalue weighted by molar-refractivity contribution is 5.88. The summed E-state index contributed by atoms with van der Waals surface area (Å²) in [7, 11) is 0. The minimum atomic E-state index is -0.924. The summed E-state index contributed by atoms with van der Waals surface area (Å²) >= 11 is 0. The molecule has 0 amide bonds. The number of hydrogen-bond acceptors (Lipinski definition) is 3. The first-order valence-electron chi connectivity index (χ1n) is 6.50. The summed E-state index contributed by atoms with van der Waals surface area (Å²) in [6.45, 7) is 6.98. The van der Waals surface area contributed by atoms with Crippen molar-refractivity contribution in [3.8, 4) is 5.75 Å². The van der Waals surface area contributed by atoms with E-state index in [9.17, 15) is 4.79 Å². The molecule has 2 aromatic rings. The van der Waals surface area contributed by atoms with Crippen LogP contribution in [0, 0.1) is 13.8 Å². The second kappa shape index (κ2) is 5.77. The van der Waals surface area contributed by atoms with Gasteiger partial charge in [-0.25, -0.2) is 4.79 Å². The van der Waals surface area contributed by atoms with Crippen molar-refractivity contribution in [3.63, 3.8) is 0 Å². The molecule has 20 heavy (non-hydrogen) atoms. The van der Waals surface area contributed by atoms with Crippen molar-refractivity contribution >= 4 is 5.97 Å². The molecule has 0 bridgehead atoms. The lowest BCUT2D eigenvalue weighted by atomic mass is 10.1. The minimum Gasteiger partial charge on any atom is -0.488 e. The standard InChI is InChI=1S/C15H18N2O3/c1-4-17-8-12(7-16-17)9-20-14-10(2)5-13(15(18)19)6-11(14)3/h5-8H,4,9H2,1-3H3,(H,18,19). The fourth-order valence-electron chi connectivity index (χ4n) is 2.11. The number of carboxylic acid groups (broad SMARTS) is 1. The van der Waals surface area contributed by atoms with Crippen LogP contribution in [-0.4, -0.2) is 20.9 Å². The van der Waals surface area contributed by atoms with E-state index < -0.39 is 5.97 Å². The Morgan fingerprint density at radius 1 is 1.35 bits per heavy atom. The predicted octanol–water partition coefficient (Wildman–Crippen LogP) is 2.80. The van der Waals surface area contributed by atoms with Crippen molar-refractivity contribution in [2.45, 2.75) is 33.9 Å². The lowest BCUT2D eigenvalue weighted by Gasteiger charge is -2.12. The first kappa shape index (κ1) is 14.1. The van der Waals surface area contributed by atoms with Gasteiger partial charge in [0.25, 0.3) is 0 Å². The minimum absolute atomic E-state index is 0.283. The van der Waals surface area contributed by atoms with Gasteiger partial charge in [-0.2, -0.15) is 5.10 Å². The second-order valence-electron chi connectivity index (χ2n) is 4.74. The lowest BCUT2D eigenvalue weighted by Crippen LogP contribution is -2.02. The molecule has 1 aromatic carbocycles. The number of aromatic nitrogens is 2. The Morgan fingerprint density at radius 2 is 2.00 bits per heavy atom. The van der Waals surface area contributed by atoms with Crippen LogP contribution < -0.4 is 4.74 Å². The summed E-state index contributed by atoms with van der Waals surface area (Å²) in [4.78, 5) is 11.0. The number of carbonyl (C=O) groups is 1. The van der Waals surface area contributed by atoms with Gasteiger partial charge in [-0.15, -0.1) is 0 Å². The van der Waals surface area contributed by atoms with Crippen LogP contribution in [0.2, 0.25) is 0 Å². The van der Waals surface area contributed by atoms with Gasteiger partial charge in [0.2, 0.25) is 0 Å². The zero-order valence-electron chi connectivity index (χ0n) is 11.9. The zero-order valence-corrected chi connectivity index (χ0v) is 11.9. The number of aromatic carboxylic acids is 1. The van der Waals surface area contributed by atoms with E-state index in [0.717, 1.165) is 29.0 Å². The van der Waals surface area contributed by atoms with E-state index in [4.69, 9.17) is 9.84 Å². The SMILES string of the molecule is CCn1cc(COc2c(C)cc(C(=O)O)cc2C)cn1. The predicted molar refractivity (Wildman–Crippen MR) is 75.1 cm³/mol. The molecule has 2 rings (SSSR count). The molecule has 0 fully saturated rings. The maximum absolute atomic E-state index is 11.0. The highest BCUT2D eigenvalue weighted by Gasteiger charge is 2.11. The monoisotopic (exact) mass is 274 g/mol. The fraction of sp³-hybridized carbons (Fsp3) is 0.333. The van der Waals surface area contributed by atoms with E-state index in [1.807, 2.05) is 31.6 Å². The number of carboxylic acids is 1. The van der Waals surface area contributed by atoms with Crippen molar-refractivity contribution in [1.29, 1.82) is 0 Å². The largest absolute Gasteiger partial charge is 0.488 e. The third-order valence-electron chi connectivity index (χ3n) is 3.10. The summed E-state index contributed by atoms with van der Waals surface area (Å²) in [6.07, 6.45) is 3.72. The highest BCUT2D eigenvalue weighted by Crippen LogP contribution is 2.25. The van der Waals surface area contributed by atoms with Crippen LogP contribution in [0.4, 0.5) is 0 Å². The molecule has 0 spiro atoms. The molecule has 1 heterocycles. The van der Waals surface area contributed by atoms with E-state index in [1.54, 1.807) is 18.3 Å². The quantitative estimate of drug-likeness (QED) is 0.910. The molecule has 5 nitrogen and oxygen atoms in total. The van der Waals surface area contributed by atoms with Crippen molar-refractivity contribution in [1.82, 2.24) is 9.78 Å².